The molecule has 0 aliphatic heterocycles. The van der Waals surface area contributed by atoms with Crippen LogP contribution in [0.3, 0.4) is 0 Å². The highest BCUT2D eigenvalue weighted by molar-refractivity contribution is 9.10. The van der Waals surface area contributed by atoms with Gasteiger partial charge in [-0.1, -0.05) is 51.4 Å². The van der Waals surface area contributed by atoms with Crippen molar-refractivity contribution in [3.05, 3.63) is 76.5 Å². The third kappa shape index (κ3) is 3.43. The van der Waals surface area contributed by atoms with Crippen LogP contribution in [0.1, 0.15) is 16.1 Å². The van der Waals surface area contributed by atoms with E-state index < -0.39 is 0 Å². The van der Waals surface area contributed by atoms with Crippen molar-refractivity contribution in [2.24, 2.45) is 0 Å². The SMILES string of the molecule is O=C(NCc1cc(-c2ccc(Br)cc2)no1)c1ccccc1. The molecule has 0 saturated heterocycles. The van der Waals surface area contributed by atoms with Gasteiger partial charge in [0.05, 0.1) is 6.54 Å². The van der Waals surface area contributed by atoms with Crippen LogP contribution in [0, 0.1) is 0 Å². The first-order valence-electron chi connectivity index (χ1n) is 6.77. The van der Waals surface area contributed by atoms with E-state index in [1.54, 1.807) is 12.1 Å². The van der Waals surface area contributed by atoms with Crippen LogP contribution in [-0.2, 0) is 6.54 Å². The number of nitrogens with zero attached hydrogens (tertiary/aromatic N) is 1. The predicted molar refractivity (Wildman–Crippen MR) is 87.3 cm³/mol. The zero-order valence-corrected chi connectivity index (χ0v) is 13.2. The number of amides is 1. The molecule has 1 N–H and O–H groups in total. The van der Waals surface area contributed by atoms with E-state index in [2.05, 4.69) is 26.4 Å². The van der Waals surface area contributed by atoms with Crippen molar-refractivity contribution < 1.29 is 9.32 Å². The van der Waals surface area contributed by atoms with Gasteiger partial charge < -0.3 is 9.84 Å². The number of aromatic nitrogens is 1. The minimum Gasteiger partial charge on any atom is -0.359 e. The van der Waals surface area contributed by atoms with E-state index in [4.69, 9.17) is 4.52 Å². The summed E-state index contributed by atoms with van der Waals surface area (Å²) < 4.78 is 6.27. The second-order valence-electron chi connectivity index (χ2n) is 4.73. The smallest absolute Gasteiger partial charge is 0.251 e. The average Bonchev–Trinajstić information content (AvgIpc) is 3.03. The number of rotatable bonds is 4. The van der Waals surface area contributed by atoms with Crippen LogP contribution in [0.15, 0.2) is 69.7 Å². The Hall–Kier alpha value is -2.40. The van der Waals surface area contributed by atoms with Gasteiger partial charge in [-0.2, -0.15) is 0 Å². The highest BCUT2D eigenvalue weighted by Gasteiger charge is 2.09. The number of halogens is 1. The Morgan fingerprint density at radius 1 is 1.09 bits per heavy atom. The molecule has 0 fully saturated rings. The van der Waals surface area contributed by atoms with Gasteiger partial charge in [0.15, 0.2) is 5.76 Å². The average molecular weight is 357 g/mol. The summed E-state index contributed by atoms with van der Waals surface area (Å²) in [6, 6.07) is 18.7. The van der Waals surface area contributed by atoms with Gasteiger partial charge in [-0.3, -0.25) is 4.79 Å². The van der Waals surface area contributed by atoms with Gasteiger partial charge in [0.25, 0.3) is 5.91 Å². The monoisotopic (exact) mass is 356 g/mol. The van der Waals surface area contributed by atoms with Crippen molar-refractivity contribution in [3.8, 4) is 11.3 Å². The number of hydrogen-bond donors (Lipinski definition) is 1. The van der Waals surface area contributed by atoms with Crippen molar-refractivity contribution in [2.45, 2.75) is 6.54 Å². The molecule has 110 valence electrons. The molecule has 4 nitrogen and oxygen atoms in total. The molecular weight excluding hydrogens is 344 g/mol. The molecule has 3 rings (SSSR count). The molecule has 0 radical (unpaired) electrons. The van der Waals surface area contributed by atoms with Gasteiger partial charge in [-0.05, 0) is 24.3 Å². The Balaban J connectivity index is 1.65. The van der Waals surface area contributed by atoms with E-state index in [0.717, 1.165) is 15.7 Å². The Morgan fingerprint density at radius 3 is 2.55 bits per heavy atom. The Kier molecular flexibility index (Phi) is 4.34. The molecule has 5 heteroatoms. The Morgan fingerprint density at radius 2 is 1.82 bits per heavy atom. The lowest BCUT2D eigenvalue weighted by atomic mass is 10.1. The fourth-order valence-electron chi connectivity index (χ4n) is 2.01. The largest absolute Gasteiger partial charge is 0.359 e. The van der Waals surface area contributed by atoms with Gasteiger partial charge >= 0.3 is 0 Å². The van der Waals surface area contributed by atoms with Crippen molar-refractivity contribution in [1.82, 2.24) is 10.5 Å². The molecule has 0 spiro atoms. The third-order valence-corrected chi connectivity index (χ3v) is 3.69. The first kappa shape index (κ1) is 14.5. The minimum atomic E-state index is -0.137. The molecule has 0 unspecified atom stereocenters. The number of benzene rings is 2. The van der Waals surface area contributed by atoms with E-state index in [1.807, 2.05) is 48.5 Å². The molecule has 22 heavy (non-hydrogen) atoms. The standard InChI is InChI=1S/C17H13BrN2O2/c18-14-8-6-12(7-9-14)16-10-15(22-20-16)11-19-17(21)13-4-2-1-3-5-13/h1-10H,11H2,(H,19,21). The fourth-order valence-corrected chi connectivity index (χ4v) is 2.28. The van der Waals surface area contributed by atoms with Crippen LogP contribution in [0.25, 0.3) is 11.3 Å². The summed E-state index contributed by atoms with van der Waals surface area (Å²) in [4.78, 5) is 12.0. The molecular formula is C17H13BrN2O2. The summed E-state index contributed by atoms with van der Waals surface area (Å²) in [5.74, 6) is 0.476. The van der Waals surface area contributed by atoms with Crippen molar-refractivity contribution in [2.75, 3.05) is 0 Å². The maximum absolute atomic E-state index is 12.0. The summed E-state index contributed by atoms with van der Waals surface area (Å²) in [6.45, 7) is 0.303. The van der Waals surface area contributed by atoms with Crippen molar-refractivity contribution in [3.63, 3.8) is 0 Å². The lowest BCUT2D eigenvalue weighted by Crippen LogP contribution is -2.22. The molecule has 0 bridgehead atoms. The first-order chi connectivity index (χ1) is 10.7. The Bertz CT molecular complexity index is 767. The van der Waals surface area contributed by atoms with Crippen LogP contribution in [0.2, 0.25) is 0 Å². The summed E-state index contributed by atoms with van der Waals surface area (Å²) in [6.07, 6.45) is 0. The molecule has 0 aliphatic rings. The van der Waals surface area contributed by atoms with Crippen LogP contribution >= 0.6 is 15.9 Å². The van der Waals surface area contributed by atoms with Crippen molar-refractivity contribution >= 4 is 21.8 Å². The summed E-state index contributed by atoms with van der Waals surface area (Å²) in [5, 5.41) is 6.83. The zero-order valence-electron chi connectivity index (χ0n) is 11.6. The number of carbonyl (C=O) groups excluding carboxylic acids is 1. The van der Waals surface area contributed by atoms with Crippen LogP contribution in [-0.4, -0.2) is 11.1 Å². The lowest BCUT2D eigenvalue weighted by molar-refractivity contribution is 0.0947. The Labute approximate surface area is 136 Å². The summed E-state index contributed by atoms with van der Waals surface area (Å²) >= 11 is 3.39. The maximum atomic E-state index is 12.0. The summed E-state index contributed by atoms with van der Waals surface area (Å²) in [5.41, 5.74) is 2.33. The van der Waals surface area contributed by atoms with E-state index in [1.165, 1.54) is 0 Å². The molecule has 0 aliphatic carbocycles. The molecule has 1 aromatic heterocycles. The first-order valence-corrected chi connectivity index (χ1v) is 7.56. The predicted octanol–water partition coefficient (Wildman–Crippen LogP) is 4.03. The van der Waals surface area contributed by atoms with E-state index in [9.17, 15) is 4.79 Å². The van der Waals surface area contributed by atoms with E-state index in [-0.39, 0.29) is 5.91 Å². The molecule has 0 atom stereocenters. The quantitative estimate of drug-likeness (QED) is 0.767. The number of nitrogens with one attached hydrogen (secondary N) is 1. The normalized spacial score (nSPS) is 10.4. The van der Waals surface area contributed by atoms with E-state index >= 15 is 0 Å². The fraction of sp³-hybridized carbons (Fsp3) is 0.0588. The number of hydrogen-bond acceptors (Lipinski definition) is 3. The van der Waals surface area contributed by atoms with Gasteiger partial charge in [0.2, 0.25) is 0 Å². The lowest BCUT2D eigenvalue weighted by Gasteiger charge is -2.01. The highest BCUT2D eigenvalue weighted by Crippen LogP contribution is 2.21. The van der Waals surface area contributed by atoms with Crippen LogP contribution < -0.4 is 5.32 Å². The molecule has 2 aromatic carbocycles. The molecule has 1 amide bonds. The minimum absolute atomic E-state index is 0.137. The van der Waals surface area contributed by atoms with Gasteiger partial charge in [0, 0.05) is 21.7 Å². The second-order valence-corrected chi connectivity index (χ2v) is 5.65. The van der Waals surface area contributed by atoms with Crippen LogP contribution in [0.4, 0.5) is 0 Å². The second kappa shape index (κ2) is 6.58. The topological polar surface area (TPSA) is 55.1 Å². The van der Waals surface area contributed by atoms with E-state index in [0.29, 0.717) is 17.9 Å². The molecule has 1 heterocycles. The zero-order chi connectivity index (χ0) is 15.4. The highest BCUT2D eigenvalue weighted by atomic mass is 79.9. The maximum Gasteiger partial charge on any atom is 0.251 e. The molecule has 3 aromatic rings. The van der Waals surface area contributed by atoms with Gasteiger partial charge in [-0.25, -0.2) is 0 Å². The van der Waals surface area contributed by atoms with Gasteiger partial charge in [0.1, 0.15) is 5.69 Å². The number of carbonyl (C=O) groups is 1. The molecule has 0 saturated carbocycles. The summed E-state index contributed by atoms with van der Waals surface area (Å²) in [7, 11) is 0. The third-order valence-electron chi connectivity index (χ3n) is 3.16. The van der Waals surface area contributed by atoms with Gasteiger partial charge in [-0.15, -0.1) is 0 Å². The van der Waals surface area contributed by atoms with Crippen LogP contribution in [0.5, 0.6) is 0 Å². The van der Waals surface area contributed by atoms with Crippen molar-refractivity contribution in [1.29, 1.82) is 0 Å².